The lowest BCUT2D eigenvalue weighted by molar-refractivity contribution is -0.254. The highest BCUT2D eigenvalue weighted by Gasteiger charge is 2.61. The number of aliphatic hydroxyl groups is 2. The Morgan fingerprint density at radius 3 is 2.17 bits per heavy atom. The zero-order valence-corrected chi connectivity index (χ0v) is 15.2. The van der Waals surface area contributed by atoms with Crippen molar-refractivity contribution in [3.63, 3.8) is 0 Å². The molecular weight excluding hydrogens is 308 g/mol. The van der Waals surface area contributed by atoms with E-state index >= 15 is 0 Å². The third-order valence-electron chi connectivity index (χ3n) is 6.52. The molecular formula is C19H32O5. The second kappa shape index (κ2) is 6.26. The Bertz CT molecular complexity index is 468. The van der Waals surface area contributed by atoms with E-state index in [1.807, 2.05) is 20.8 Å². The van der Waals surface area contributed by atoms with E-state index < -0.39 is 17.1 Å². The SMILES string of the molecule is CCC(C)(C)C(=O)OC12CC3CC(C1)CC(OC(CO)CO)(C3)C2. The molecule has 4 aliphatic rings. The second-order valence-corrected chi connectivity index (χ2v) is 9.06. The van der Waals surface area contributed by atoms with E-state index in [0.717, 1.165) is 32.1 Å². The molecule has 0 heterocycles. The third-order valence-corrected chi connectivity index (χ3v) is 6.52. The van der Waals surface area contributed by atoms with Crippen molar-refractivity contribution in [2.45, 2.75) is 83.0 Å². The van der Waals surface area contributed by atoms with E-state index in [1.54, 1.807) is 0 Å². The maximum Gasteiger partial charge on any atom is 0.312 e. The Hall–Kier alpha value is -0.650. The summed E-state index contributed by atoms with van der Waals surface area (Å²) in [5.41, 5.74) is -1.23. The Balaban J connectivity index is 1.79. The predicted molar refractivity (Wildman–Crippen MR) is 89.4 cm³/mol. The summed E-state index contributed by atoms with van der Waals surface area (Å²) in [4.78, 5) is 12.7. The Labute approximate surface area is 144 Å². The van der Waals surface area contributed by atoms with Gasteiger partial charge in [0.25, 0.3) is 0 Å². The smallest absolute Gasteiger partial charge is 0.312 e. The summed E-state index contributed by atoms with van der Waals surface area (Å²) in [6.45, 7) is 5.54. The fourth-order valence-corrected chi connectivity index (χ4v) is 5.32. The molecule has 0 aromatic carbocycles. The summed E-state index contributed by atoms with van der Waals surface area (Å²) >= 11 is 0. The van der Waals surface area contributed by atoms with Gasteiger partial charge in [0.1, 0.15) is 11.7 Å². The van der Waals surface area contributed by atoms with Crippen molar-refractivity contribution in [3.05, 3.63) is 0 Å². The molecule has 2 atom stereocenters. The molecule has 4 bridgehead atoms. The number of hydrogen-bond donors (Lipinski definition) is 2. The van der Waals surface area contributed by atoms with Crippen LogP contribution in [0, 0.1) is 17.3 Å². The van der Waals surface area contributed by atoms with Crippen LogP contribution in [0.25, 0.3) is 0 Å². The molecule has 5 nitrogen and oxygen atoms in total. The van der Waals surface area contributed by atoms with Gasteiger partial charge in [-0.2, -0.15) is 0 Å². The van der Waals surface area contributed by atoms with Gasteiger partial charge >= 0.3 is 5.97 Å². The number of rotatable bonds is 7. The molecule has 4 fully saturated rings. The number of carbonyl (C=O) groups excluding carboxylic acids is 1. The Morgan fingerprint density at radius 1 is 1.12 bits per heavy atom. The monoisotopic (exact) mass is 340 g/mol. The van der Waals surface area contributed by atoms with Crippen LogP contribution >= 0.6 is 0 Å². The lowest BCUT2D eigenvalue weighted by Gasteiger charge is -2.61. The molecule has 0 saturated heterocycles. The zero-order chi connectivity index (χ0) is 17.6. The van der Waals surface area contributed by atoms with Gasteiger partial charge in [-0.3, -0.25) is 4.79 Å². The summed E-state index contributed by atoms with van der Waals surface area (Å²) in [5, 5.41) is 18.8. The van der Waals surface area contributed by atoms with Crippen molar-refractivity contribution in [2.75, 3.05) is 13.2 Å². The van der Waals surface area contributed by atoms with Gasteiger partial charge in [-0.1, -0.05) is 6.92 Å². The van der Waals surface area contributed by atoms with E-state index in [-0.39, 0.29) is 24.8 Å². The fraction of sp³-hybridized carbons (Fsp3) is 0.947. The molecule has 2 unspecified atom stereocenters. The van der Waals surface area contributed by atoms with E-state index in [4.69, 9.17) is 9.47 Å². The summed E-state index contributed by atoms with van der Waals surface area (Å²) < 4.78 is 12.3. The highest BCUT2D eigenvalue weighted by Crippen LogP contribution is 2.60. The summed E-state index contributed by atoms with van der Waals surface area (Å²) in [6, 6.07) is 0. The number of hydrogen-bond acceptors (Lipinski definition) is 5. The van der Waals surface area contributed by atoms with Crippen molar-refractivity contribution in [1.29, 1.82) is 0 Å². The minimum absolute atomic E-state index is 0.108. The van der Waals surface area contributed by atoms with Crippen LogP contribution in [0.15, 0.2) is 0 Å². The molecule has 0 aliphatic heterocycles. The van der Waals surface area contributed by atoms with Crippen LogP contribution in [-0.2, 0) is 14.3 Å². The molecule has 138 valence electrons. The minimum atomic E-state index is -0.541. The van der Waals surface area contributed by atoms with E-state index in [1.165, 1.54) is 6.42 Å². The average molecular weight is 340 g/mol. The summed E-state index contributed by atoms with van der Waals surface area (Å²) in [7, 11) is 0. The first kappa shape index (κ1) is 18.2. The molecule has 5 heteroatoms. The molecule has 0 radical (unpaired) electrons. The largest absolute Gasteiger partial charge is 0.459 e. The van der Waals surface area contributed by atoms with Gasteiger partial charge < -0.3 is 19.7 Å². The van der Waals surface area contributed by atoms with Crippen molar-refractivity contribution >= 4 is 5.97 Å². The maximum absolute atomic E-state index is 12.7. The van der Waals surface area contributed by atoms with Crippen LogP contribution in [0.3, 0.4) is 0 Å². The molecule has 4 saturated carbocycles. The number of esters is 1. The van der Waals surface area contributed by atoms with Crippen molar-refractivity contribution in [1.82, 2.24) is 0 Å². The van der Waals surface area contributed by atoms with Crippen molar-refractivity contribution < 1.29 is 24.5 Å². The number of carbonyl (C=O) groups is 1. The standard InChI is InChI=1S/C19H32O5/c1-4-17(2,3)16(22)24-19-8-13-5-14(9-19)7-18(6-13,12-19)23-15(10-20)11-21/h13-15,20-21H,4-12H2,1-3H3. The van der Waals surface area contributed by atoms with Gasteiger partial charge in [0.2, 0.25) is 0 Å². The van der Waals surface area contributed by atoms with Crippen LogP contribution in [-0.4, -0.2) is 46.7 Å². The number of aliphatic hydroxyl groups excluding tert-OH is 2. The van der Waals surface area contributed by atoms with Crippen molar-refractivity contribution in [3.8, 4) is 0 Å². The van der Waals surface area contributed by atoms with Gasteiger partial charge in [0, 0.05) is 6.42 Å². The van der Waals surface area contributed by atoms with Gasteiger partial charge in [-0.05, 0) is 64.2 Å². The van der Waals surface area contributed by atoms with Crippen molar-refractivity contribution in [2.24, 2.45) is 17.3 Å². The first-order chi connectivity index (χ1) is 11.3. The van der Waals surface area contributed by atoms with Crippen LogP contribution in [0.2, 0.25) is 0 Å². The van der Waals surface area contributed by atoms with E-state index in [9.17, 15) is 15.0 Å². The van der Waals surface area contributed by atoms with Gasteiger partial charge in [0.05, 0.1) is 24.2 Å². The highest BCUT2D eigenvalue weighted by atomic mass is 16.6. The predicted octanol–water partition coefficient (Wildman–Crippen LogP) is 2.43. The van der Waals surface area contributed by atoms with Crippen LogP contribution in [0.1, 0.15) is 65.7 Å². The van der Waals surface area contributed by atoms with E-state index in [2.05, 4.69) is 0 Å². The molecule has 0 aromatic rings. The summed E-state index contributed by atoms with van der Waals surface area (Å²) in [6.07, 6.45) is 5.88. The topological polar surface area (TPSA) is 76.0 Å². The Morgan fingerprint density at radius 2 is 1.67 bits per heavy atom. The average Bonchev–Trinajstić information content (AvgIpc) is 2.50. The third kappa shape index (κ3) is 3.23. The minimum Gasteiger partial charge on any atom is -0.459 e. The lowest BCUT2D eigenvalue weighted by Crippen LogP contribution is -2.62. The van der Waals surface area contributed by atoms with Crippen LogP contribution < -0.4 is 0 Å². The fourth-order valence-electron chi connectivity index (χ4n) is 5.32. The Kier molecular flexibility index (Phi) is 4.73. The molecule has 4 aliphatic carbocycles. The molecule has 24 heavy (non-hydrogen) atoms. The van der Waals surface area contributed by atoms with Crippen LogP contribution in [0.5, 0.6) is 0 Å². The first-order valence-corrected chi connectivity index (χ1v) is 9.38. The highest BCUT2D eigenvalue weighted by molar-refractivity contribution is 5.76. The van der Waals surface area contributed by atoms with Gasteiger partial charge in [-0.15, -0.1) is 0 Å². The molecule has 2 N–H and O–H groups in total. The lowest BCUT2D eigenvalue weighted by atomic mass is 9.52. The van der Waals surface area contributed by atoms with Crippen LogP contribution in [0.4, 0.5) is 0 Å². The number of ether oxygens (including phenoxy) is 2. The second-order valence-electron chi connectivity index (χ2n) is 9.06. The summed E-state index contributed by atoms with van der Waals surface area (Å²) in [5.74, 6) is 0.923. The normalized spacial score (nSPS) is 37.9. The quantitative estimate of drug-likeness (QED) is 0.696. The first-order valence-electron chi connectivity index (χ1n) is 9.38. The molecule has 0 amide bonds. The molecule has 0 aromatic heterocycles. The molecule has 0 spiro atoms. The molecule has 4 rings (SSSR count). The zero-order valence-electron chi connectivity index (χ0n) is 15.2. The van der Waals surface area contributed by atoms with Gasteiger partial charge in [-0.25, -0.2) is 0 Å². The van der Waals surface area contributed by atoms with Gasteiger partial charge in [0.15, 0.2) is 0 Å². The maximum atomic E-state index is 12.7. The van der Waals surface area contributed by atoms with E-state index in [0.29, 0.717) is 18.3 Å².